The molecular formula is C45H69N3O7. The van der Waals surface area contributed by atoms with Crippen LogP contribution in [0.15, 0.2) is 107 Å². The van der Waals surface area contributed by atoms with Gasteiger partial charge in [0.2, 0.25) is 5.91 Å². The number of nitrogens with zero attached hydrogens (tertiary/aromatic N) is 1. The van der Waals surface area contributed by atoms with Crippen LogP contribution in [0.2, 0.25) is 0 Å². The van der Waals surface area contributed by atoms with E-state index in [0.29, 0.717) is 24.8 Å². The number of hydrogen-bond acceptors (Lipinski definition) is 9. The highest BCUT2D eigenvalue weighted by molar-refractivity contribution is 5.94. The maximum Gasteiger partial charge on any atom is 0.247 e. The minimum Gasteiger partial charge on any atom is -0.388 e. The van der Waals surface area contributed by atoms with Crippen molar-refractivity contribution in [3.05, 3.63) is 107 Å². The van der Waals surface area contributed by atoms with E-state index in [1.54, 1.807) is 25.2 Å². The zero-order valence-corrected chi connectivity index (χ0v) is 34.9. The van der Waals surface area contributed by atoms with Crippen molar-refractivity contribution in [3.63, 3.8) is 0 Å². The average molecular weight is 764 g/mol. The maximum absolute atomic E-state index is 13.3. The van der Waals surface area contributed by atoms with E-state index in [1.165, 1.54) is 0 Å². The van der Waals surface area contributed by atoms with Gasteiger partial charge in [0.05, 0.1) is 18.8 Å². The standard InChI is InChI=1S/C45H69N3O7/c1-30(2)27-36-28-33(5)18-12-11-15-26-45(8,51)39(21-14-13-17-31(3)19-16-20-32(4)22-23-34(6)47-43(36)50)55-44-41(46)42(49)38(29-52-44)54-40-25-24-37(48(9)10)35(7)53-40/h11-22,26,28,30,34-35,37-42,44,49,51H,23-25,27,29,46H2,1-10H3,(H,47,50)/b12-11+,17-13-,20-16+,21-14-,26-15+,31-19-,32-22-,33-18-,36-28-/t34-,35+,37-,38+,39-,40-,41+,42-,44-,45+/m1/s1. The first kappa shape index (κ1) is 46.2. The highest BCUT2D eigenvalue weighted by Gasteiger charge is 2.43. The Kier molecular flexibility index (Phi) is 18.9. The molecule has 1 amide bonds. The highest BCUT2D eigenvalue weighted by Crippen LogP contribution is 2.28. The average Bonchev–Trinajstić information content (AvgIpc) is 3.10. The smallest absolute Gasteiger partial charge is 0.247 e. The Hall–Kier alpha value is -3.19. The lowest BCUT2D eigenvalue weighted by Crippen LogP contribution is -2.61. The number of likely N-dealkylation sites (N-methyl/N-ethyl adjacent to an activating group) is 1. The van der Waals surface area contributed by atoms with Crippen molar-refractivity contribution in [3.8, 4) is 0 Å². The van der Waals surface area contributed by atoms with Crippen LogP contribution in [0, 0.1) is 5.92 Å². The molecule has 0 aromatic carbocycles. The van der Waals surface area contributed by atoms with Crippen LogP contribution in [0.25, 0.3) is 0 Å². The molecule has 0 aromatic rings. The molecule has 2 fully saturated rings. The second kappa shape index (κ2) is 22.5. The van der Waals surface area contributed by atoms with Gasteiger partial charge in [0, 0.05) is 17.7 Å². The molecule has 10 heteroatoms. The van der Waals surface area contributed by atoms with Gasteiger partial charge in [-0.2, -0.15) is 0 Å². The SMILES string of the molecule is CC1=C/C=C/C=C/[C@](C)(O)[C@H](O[C@H]2OC[C@H](O[C@@H]3CC[C@@H](N(C)C)[C@H](C)O3)[C@@H](O)[C@@H]2N)\C=C/C=C\C(C)=C/C=C/C(C)=C\C[C@@H](C)NC(=O)/C(CC(C)C)=C\1. The van der Waals surface area contributed by atoms with Crippen molar-refractivity contribution in [1.82, 2.24) is 10.2 Å². The Labute approximate surface area is 330 Å². The molecule has 0 aromatic heterocycles. The normalized spacial score (nSPS) is 40.5. The lowest BCUT2D eigenvalue weighted by Gasteiger charge is -2.43. The Morgan fingerprint density at radius 3 is 2.38 bits per heavy atom. The van der Waals surface area contributed by atoms with Gasteiger partial charge in [-0.25, -0.2) is 0 Å². The molecule has 3 heterocycles. The third-order valence-corrected chi connectivity index (χ3v) is 9.95. The van der Waals surface area contributed by atoms with Crippen molar-refractivity contribution in [2.45, 2.75) is 142 Å². The minimum atomic E-state index is -1.49. The second-order valence-corrected chi connectivity index (χ2v) is 16.1. The molecule has 5 N–H and O–H groups in total. The molecule has 306 valence electrons. The van der Waals surface area contributed by atoms with Gasteiger partial charge in [0.25, 0.3) is 0 Å². The molecule has 3 aliphatic rings. The monoisotopic (exact) mass is 764 g/mol. The van der Waals surface area contributed by atoms with Gasteiger partial charge in [-0.15, -0.1) is 0 Å². The number of amides is 1. The van der Waals surface area contributed by atoms with Crippen LogP contribution in [-0.2, 0) is 23.7 Å². The molecule has 0 unspecified atom stereocenters. The molecule has 0 spiro atoms. The molecule has 10 atom stereocenters. The highest BCUT2D eigenvalue weighted by atomic mass is 16.7. The van der Waals surface area contributed by atoms with Crippen LogP contribution in [0.3, 0.4) is 0 Å². The summed E-state index contributed by atoms with van der Waals surface area (Å²) in [6.07, 6.45) is 25.3. The van der Waals surface area contributed by atoms with Crippen molar-refractivity contribution >= 4 is 5.91 Å². The summed E-state index contributed by atoms with van der Waals surface area (Å²) in [7, 11) is 4.08. The van der Waals surface area contributed by atoms with Crippen LogP contribution in [0.5, 0.6) is 0 Å². The largest absolute Gasteiger partial charge is 0.388 e. The Balaban J connectivity index is 1.84. The van der Waals surface area contributed by atoms with Gasteiger partial charge in [-0.1, -0.05) is 116 Å². The fraction of sp³-hybridized carbons (Fsp3) is 0.578. The first-order valence-electron chi connectivity index (χ1n) is 19.8. The van der Waals surface area contributed by atoms with Crippen LogP contribution >= 0.6 is 0 Å². The first-order valence-corrected chi connectivity index (χ1v) is 19.8. The summed E-state index contributed by atoms with van der Waals surface area (Å²) in [6, 6.07) is -0.666. The molecule has 0 aliphatic carbocycles. The molecule has 2 saturated heterocycles. The van der Waals surface area contributed by atoms with Gasteiger partial charge in [-0.05, 0) is 87.2 Å². The summed E-state index contributed by atoms with van der Waals surface area (Å²) in [6.45, 7) is 16.0. The molecule has 0 radical (unpaired) electrons. The number of ether oxygens (including phenoxy) is 4. The number of nitrogens with one attached hydrogen (secondary N) is 1. The van der Waals surface area contributed by atoms with Gasteiger partial charge in [0.1, 0.15) is 23.9 Å². The Morgan fingerprint density at radius 1 is 0.982 bits per heavy atom. The second-order valence-electron chi connectivity index (χ2n) is 16.1. The predicted molar refractivity (Wildman–Crippen MR) is 222 cm³/mol. The maximum atomic E-state index is 13.3. The Bertz CT molecular complexity index is 1520. The van der Waals surface area contributed by atoms with Gasteiger partial charge < -0.3 is 45.1 Å². The molecule has 55 heavy (non-hydrogen) atoms. The molecule has 0 saturated carbocycles. The third kappa shape index (κ3) is 15.7. The molecule has 0 bridgehead atoms. The summed E-state index contributed by atoms with van der Waals surface area (Å²) in [5.74, 6) is 0.261. The van der Waals surface area contributed by atoms with Crippen LogP contribution in [0.1, 0.15) is 81.1 Å². The number of carbonyl (C=O) groups excluding carboxylic acids is 1. The van der Waals surface area contributed by atoms with E-state index in [1.807, 2.05) is 109 Å². The van der Waals surface area contributed by atoms with Crippen molar-refractivity contribution < 1.29 is 34.0 Å². The van der Waals surface area contributed by atoms with E-state index < -0.39 is 42.5 Å². The van der Waals surface area contributed by atoms with Crippen LogP contribution in [-0.4, -0.2) is 102 Å². The fourth-order valence-corrected chi connectivity index (χ4v) is 6.68. The fourth-order valence-electron chi connectivity index (χ4n) is 6.68. The minimum absolute atomic E-state index is 0.0163. The van der Waals surface area contributed by atoms with Gasteiger partial charge in [0.15, 0.2) is 12.6 Å². The zero-order chi connectivity index (χ0) is 40.7. The van der Waals surface area contributed by atoms with E-state index in [4.69, 9.17) is 24.7 Å². The van der Waals surface area contributed by atoms with Crippen LogP contribution < -0.4 is 11.1 Å². The number of aliphatic hydroxyl groups is 2. The summed E-state index contributed by atoms with van der Waals surface area (Å²) in [5, 5.41) is 26.1. The first-order chi connectivity index (χ1) is 26.0. The lowest BCUT2D eigenvalue weighted by molar-refractivity contribution is -0.294. The van der Waals surface area contributed by atoms with E-state index >= 15 is 0 Å². The summed E-state index contributed by atoms with van der Waals surface area (Å²) in [4.78, 5) is 15.4. The summed E-state index contributed by atoms with van der Waals surface area (Å²) in [5.41, 5.74) is 8.80. The number of hydrogen-bond donors (Lipinski definition) is 4. The number of nitrogens with two attached hydrogens (primary N) is 1. The number of allylic oxidation sites excluding steroid dienone is 14. The zero-order valence-electron chi connectivity index (χ0n) is 34.9. The van der Waals surface area contributed by atoms with E-state index in [9.17, 15) is 15.0 Å². The van der Waals surface area contributed by atoms with Crippen molar-refractivity contribution in [2.75, 3.05) is 20.7 Å². The summed E-state index contributed by atoms with van der Waals surface area (Å²) < 4.78 is 24.6. The van der Waals surface area contributed by atoms with E-state index in [0.717, 1.165) is 35.1 Å². The van der Waals surface area contributed by atoms with E-state index in [2.05, 4.69) is 30.1 Å². The Morgan fingerprint density at radius 2 is 1.69 bits per heavy atom. The number of aliphatic hydroxyl groups excluding tert-OH is 1. The summed E-state index contributed by atoms with van der Waals surface area (Å²) >= 11 is 0. The molecule has 10 nitrogen and oxygen atoms in total. The van der Waals surface area contributed by atoms with Crippen molar-refractivity contribution in [1.29, 1.82) is 0 Å². The molecule has 3 aliphatic heterocycles. The number of rotatable bonds is 7. The molecule has 3 rings (SSSR count). The molecular weight excluding hydrogens is 695 g/mol. The quantitative estimate of drug-likeness (QED) is 0.229. The van der Waals surface area contributed by atoms with Gasteiger partial charge >= 0.3 is 0 Å². The van der Waals surface area contributed by atoms with Gasteiger partial charge in [-0.3, -0.25) is 4.79 Å². The number of carbonyl (C=O) groups is 1. The predicted octanol–water partition coefficient (Wildman–Crippen LogP) is 6.51. The lowest BCUT2D eigenvalue weighted by atomic mass is 9.96. The van der Waals surface area contributed by atoms with E-state index in [-0.39, 0.29) is 24.7 Å². The van der Waals surface area contributed by atoms with Crippen molar-refractivity contribution in [2.24, 2.45) is 11.7 Å². The van der Waals surface area contributed by atoms with Crippen LogP contribution in [0.4, 0.5) is 0 Å². The topological polar surface area (TPSA) is 136 Å². The third-order valence-electron chi connectivity index (χ3n) is 9.95.